The van der Waals surface area contributed by atoms with Gasteiger partial charge in [0.15, 0.2) is 23.9 Å². The maximum atomic E-state index is 13.0. The van der Waals surface area contributed by atoms with E-state index in [1.54, 1.807) is 24.3 Å². The van der Waals surface area contributed by atoms with E-state index < -0.39 is 18.4 Å². The first-order chi connectivity index (χ1) is 16.2. The van der Waals surface area contributed by atoms with E-state index in [4.69, 9.17) is 13.6 Å². The molecule has 33 heavy (non-hydrogen) atoms. The van der Waals surface area contributed by atoms with Gasteiger partial charge in [0.1, 0.15) is 11.3 Å². The van der Waals surface area contributed by atoms with Gasteiger partial charge in [-0.2, -0.15) is 4.68 Å². The maximum Gasteiger partial charge on any atom is 0.357 e. The fraction of sp³-hybridized carbons (Fsp3) is 0.0417. The molecule has 0 bridgehead atoms. The Hall–Kier alpha value is -4.79. The molecule has 0 unspecified atom stereocenters. The number of ketones is 1. The van der Waals surface area contributed by atoms with Gasteiger partial charge in [-0.25, -0.2) is 4.79 Å². The second-order valence-electron chi connectivity index (χ2n) is 6.97. The van der Waals surface area contributed by atoms with Crippen LogP contribution in [-0.2, 0) is 9.53 Å². The maximum absolute atomic E-state index is 13.0. The van der Waals surface area contributed by atoms with Crippen LogP contribution in [0.5, 0.6) is 0 Å². The molecule has 5 rings (SSSR count). The Balaban J connectivity index is 1.41. The second-order valence-corrected chi connectivity index (χ2v) is 6.97. The summed E-state index contributed by atoms with van der Waals surface area (Å²) in [5.41, 5.74) is 1.25. The number of nitrogens with zero attached hydrogens (tertiary/aromatic N) is 4. The highest BCUT2D eigenvalue weighted by Crippen LogP contribution is 2.22. The molecule has 0 spiro atoms. The first-order valence-electron chi connectivity index (χ1n) is 9.97. The third-order valence-corrected chi connectivity index (χ3v) is 4.80. The lowest BCUT2D eigenvalue weighted by Crippen LogP contribution is -2.18. The molecule has 0 radical (unpaired) electrons. The third kappa shape index (κ3) is 4.19. The van der Waals surface area contributed by atoms with E-state index in [1.165, 1.54) is 17.0 Å². The summed E-state index contributed by atoms with van der Waals surface area (Å²) < 4.78 is 17.4. The molecular formula is C24H16N4O5. The average molecular weight is 440 g/mol. The largest absolute Gasteiger partial charge is 0.465 e. The molecule has 0 N–H and O–H groups in total. The van der Waals surface area contributed by atoms with Crippen molar-refractivity contribution < 1.29 is 23.2 Å². The Morgan fingerprint density at radius 1 is 1.00 bits per heavy atom. The molecule has 0 aliphatic carbocycles. The van der Waals surface area contributed by atoms with Crippen LogP contribution in [0.4, 0.5) is 0 Å². The first kappa shape index (κ1) is 20.1. The van der Waals surface area contributed by atoms with Gasteiger partial charge in [-0.3, -0.25) is 4.79 Å². The van der Waals surface area contributed by atoms with Crippen molar-refractivity contribution in [3.8, 4) is 11.4 Å². The lowest BCUT2D eigenvalue weighted by atomic mass is 10.2. The number of carbonyl (C=O) groups excluding carboxylic acids is 2. The fourth-order valence-corrected chi connectivity index (χ4v) is 3.23. The molecule has 0 amide bonds. The topological polar surface area (TPSA) is 113 Å². The summed E-state index contributed by atoms with van der Waals surface area (Å²) in [6, 6.07) is 21.3. The monoisotopic (exact) mass is 440 g/mol. The molecule has 2 aromatic carbocycles. The molecule has 3 heterocycles. The molecule has 0 atom stereocenters. The Morgan fingerprint density at radius 2 is 1.82 bits per heavy atom. The van der Waals surface area contributed by atoms with Crippen molar-refractivity contribution in [2.75, 3.05) is 6.61 Å². The van der Waals surface area contributed by atoms with Crippen molar-refractivity contribution in [2.45, 2.75) is 0 Å². The number of para-hydroxylation sites is 1. The van der Waals surface area contributed by atoms with E-state index in [0.29, 0.717) is 22.7 Å². The van der Waals surface area contributed by atoms with Gasteiger partial charge in [0.25, 0.3) is 0 Å². The van der Waals surface area contributed by atoms with Crippen LogP contribution >= 0.6 is 0 Å². The SMILES string of the molecule is O=C(OCC(=O)c1cc2ccccc2o1)/C(=C/c1ccco1)n1nnnc1-c1ccccc1. The van der Waals surface area contributed by atoms with E-state index >= 15 is 0 Å². The number of hydrogen-bond donors (Lipinski definition) is 0. The zero-order valence-electron chi connectivity index (χ0n) is 17.1. The number of furan rings is 2. The third-order valence-electron chi connectivity index (χ3n) is 4.80. The number of aromatic nitrogens is 4. The number of esters is 1. The van der Waals surface area contributed by atoms with Crippen LogP contribution < -0.4 is 0 Å². The second kappa shape index (κ2) is 8.75. The van der Waals surface area contributed by atoms with Crippen LogP contribution in [0.3, 0.4) is 0 Å². The Kier molecular flexibility index (Phi) is 5.34. The molecule has 9 nitrogen and oxygen atoms in total. The molecule has 0 aliphatic rings. The number of tetrazole rings is 1. The smallest absolute Gasteiger partial charge is 0.357 e. The Bertz CT molecular complexity index is 1420. The molecule has 162 valence electrons. The molecule has 0 aliphatic heterocycles. The number of Topliss-reactive ketones (excluding diaryl/α,β-unsaturated/α-hetero) is 1. The average Bonchev–Trinajstić information content (AvgIpc) is 3.61. The fourth-order valence-electron chi connectivity index (χ4n) is 3.23. The zero-order chi connectivity index (χ0) is 22.6. The van der Waals surface area contributed by atoms with Crippen LogP contribution in [0, 0.1) is 0 Å². The molecule has 0 fully saturated rings. The molecule has 9 heteroatoms. The van der Waals surface area contributed by atoms with Gasteiger partial charge in [0.2, 0.25) is 5.78 Å². The van der Waals surface area contributed by atoms with Gasteiger partial charge in [-0.15, -0.1) is 5.10 Å². The summed E-state index contributed by atoms with van der Waals surface area (Å²) in [5, 5.41) is 12.5. The number of carbonyl (C=O) groups is 2. The zero-order valence-corrected chi connectivity index (χ0v) is 17.1. The summed E-state index contributed by atoms with van der Waals surface area (Å²) in [5.74, 6) is -0.459. The highest BCUT2D eigenvalue weighted by atomic mass is 16.5. The van der Waals surface area contributed by atoms with Crippen molar-refractivity contribution in [2.24, 2.45) is 0 Å². The molecule has 0 saturated carbocycles. The van der Waals surface area contributed by atoms with Crippen molar-refractivity contribution in [1.82, 2.24) is 20.2 Å². The summed E-state index contributed by atoms with van der Waals surface area (Å²) in [6.07, 6.45) is 2.91. The van der Waals surface area contributed by atoms with Gasteiger partial charge >= 0.3 is 5.97 Å². The number of fused-ring (bicyclic) bond motifs is 1. The van der Waals surface area contributed by atoms with Crippen molar-refractivity contribution in [3.63, 3.8) is 0 Å². The van der Waals surface area contributed by atoms with E-state index in [9.17, 15) is 9.59 Å². The van der Waals surface area contributed by atoms with E-state index in [2.05, 4.69) is 15.5 Å². The standard InChI is InChI=1S/C24H16N4O5/c29-20(22-13-17-9-4-5-11-21(17)33-22)15-32-24(30)19(14-18-10-6-12-31-18)28-23(25-26-27-28)16-7-2-1-3-8-16/h1-14H,15H2/b19-14-. The summed E-state index contributed by atoms with van der Waals surface area (Å²) in [4.78, 5) is 25.6. The number of ether oxygens (including phenoxy) is 1. The number of benzene rings is 2. The predicted molar refractivity (Wildman–Crippen MR) is 118 cm³/mol. The highest BCUT2D eigenvalue weighted by molar-refractivity contribution is 6.16. The van der Waals surface area contributed by atoms with E-state index in [1.807, 2.05) is 48.5 Å². The lowest BCUT2D eigenvalue weighted by Gasteiger charge is -2.09. The number of rotatable bonds is 7. The van der Waals surface area contributed by atoms with Gasteiger partial charge < -0.3 is 13.6 Å². The van der Waals surface area contributed by atoms with Crippen molar-refractivity contribution in [3.05, 3.63) is 90.6 Å². The quantitative estimate of drug-likeness (QED) is 0.211. The molecule has 3 aromatic heterocycles. The summed E-state index contributed by atoms with van der Waals surface area (Å²) in [6.45, 7) is -0.517. The molecular weight excluding hydrogens is 424 g/mol. The number of hydrogen-bond acceptors (Lipinski definition) is 8. The normalized spacial score (nSPS) is 11.6. The Labute approximate surface area is 186 Å². The van der Waals surface area contributed by atoms with Crippen LogP contribution in [0.2, 0.25) is 0 Å². The lowest BCUT2D eigenvalue weighted by molar-refractivity contribution is -0.136. The molecule has 5 aromatic rings. The minimum absolute atomic E-state index is 0.0220. The van der Waals surface area contributed by atoms with E-state index in [0.717, 1.165) is 5.39 Å². The van der Waals surface area contributed by atoms with Crippen molar-refractivity contribution in [1.29, 1.82) is 0 Å². The van der Waals surface area contributed by atoms with Gasteiger partial charge in [0.05, 0.1) is 6.26 Å². The van der Waals surface area contributed by atoms with Crippen LogP contribution in [0.1, 0.15) is 16.3 Å². The summed E-state index contributed by atoms with van der Waals surface area (Å²) >= 11 is 0. The highest BCUT2D eigenvalue weighted by Gasteiger charge is 2.23. The minimum atomic E-state index is -0.805. The molecule has 0 saturated heterocycles. The summed E-state index contributed by atoms with van der Waals surface area (Å²) in [7, 11) is 0. The first-order valence-corrected chi connectivity index (χ1v) is 9.97. The van der Waals surface area contributed by atoms with Gasteiger partial charge in [-0.05, 0) is 34.7 Å². The van der Waals surface area contributed by atoms with E-state index in [-0.39, 0.29) is 11.5 Å². The van der Waals surface area contributed by atoms with Crippen LogP contribution in [0.15, 0.2) is 87.9 Å². The van der Waals surface area contributed by atoms with Gasteiger partial charge in [-0.1, -0.05) is 48.5 Å². The van der Waals surface area contributed by atoms with Crippen LogP contribution in [0.25, 0.3) is 34.1 Å². The van der Waals surface area contributed by atoms with Crippen LogP contribution in [-0.4, -0.2) is 38.6 Å². The van der Waals surface area contributed by atoms with Gasteiger partial charge in [0, 0.05) is 17.0 Å². The van der Waals surface area contributed by atoms with Crippen molar-refractivity contribution >= 4 is 34.5 Å². The Morgan fingerprint density at radius 3 is 2.61 bits per heavy atom. The minimum Gasteiger partial charge on any atom is -0.465 e. The predicted octanol–water partition coefficient (Wildman–Crippen LogP) is 4.10.